The zero-order valence-corrected chi connectivity index (χ0v) is 8.79. The summed E-state index contributed by atoms with van der Waals surface area (Å²) in [5.41, 5.74) is 0. The number of hydrogen-bond acceptors (Lipinski definition) is 2. The van der Waals surface area contributed by atoms with Gasteiger partial charge in [0.05, 0.1) is 0 Å². The first-order valence-corrected chi connectivity index (χ1v) is 4.41. The number of amides is 1. The van der Waals surface area contributed by atoms with E-state index in [4.69, 9.17) is 0 Å². The fourth-order valence-electron chi connectivity index (χ4n) is 1.47. The molecule has 0 aliphatic heterocycles. The van der Waals surface area contributed by atoms with E-state index >= 15 is 0 Å². The van der Waals surface area contributed by atoms with Crippen molar-refractivity contribution in [2.24, 2.45) is 0 Å². The Balaban J connectivity index is 4.02. The van der Waals surface area contributed by atoms with Crippen LogP contribution in [0.5, 0.6) is 0 Å². The van der Waals surface area contributed by atoms with Gasteiger partial charge in [0.1, 0.15) is 0 Å². The lowest BCUT2D eigenvalue weighted by atomic mass is 10.2. The largest absolute Gasteiger partial charge is 0.339 e. The predicted molar refractivity (Wildman–Crippen MR) is 51.1 cm³/mol. The molecule has 0 aliphatic rings. The standard InChI is InChI=1S/C9H20N2O/c1-6-11(9(3)12)8(2)7-10(4)5/h8H,6-7H2,1-5H3. The molecule has 0 aromatic carbocycles. The van der Waals surface area contributed by atoms with Crippen molar-refractivity contribution in [2.75, 3.05) is 27.2 Å². The summed E-state index contributed by atoms with van der Waals surface area (Å²) in [6.45, 7) is 7.42. The average molecular weight is 172 g/mol. The van der Waals surface area contributed by atoms with Crippen LogP contribution < -0.4 is 0 Å². The molecule has 0 fully saturated rings. The molecule has 0 saturated heterocycles. The van der Waals surface area contributed by atoms with Crippen molar-refractivity contribution < 1.29 is 4.79 Å². The minimum absolute atomic E-state index is 0.159. The predicted octanol–water partition coefficient (Wildman–Crippen LogP) is 0.805. The first-order chi connectivity index (χ1) is 5.49. The Morgan fingerprint density at radius 3 is 2.17 bits per heavy atom. The van der Waals surface area contributed by atoms with E-state index in [1.165, 1.54) is 0 Å². The first-order valence-electron chi connectivity index (χ1n) is 4.41. The van der Waals surface area contributed by atoms with E-state index in [1.807, 2.05) is 25.9 Å². The summed E-state index contributed by atoms with van der Waals surface area (Å²) < 4.78 is 0. The zero-order valence-electron chi connectivity index (χ0n) is 8.79. The third-order valence-electron chi connectivity index (χ3n) is 1.91. The second kappa shape index (κ2) is 5.14. The maximum absolute atomic E-state index is 11.1. The molecule has 3 nitrogen and oxygen atoms in total. The Bertz CT molecular complexity index is 145. The zero-order chi connectivity index (χ0) is 9.72. The molecule has 0 bridgehead atoms. The molecule has 0 saturated carbocycles. The van der Waals surface area contributed by atoms with Gasteiger partial charge in [0.25, 0.3) is 0 Å². The van der Waals surface area contributed by atoms with Crippen LogP contribution in [0.15, 0.2) is 0 Å². The van der Waals surface area contributed by atoms with Gasteiger partial charge in [-0.25, -0.2) is 0 Å². The highest BCUT2D eigenvalue weighted by atomic mass is 16.2. The van der Waals surface area contributed by atoms with Gasteiger partial charge in [-0.05, 0) is 27.9 Å². The van der Waals surface area contributed by atoms with Gasteiger partial charge in [-0.15, -0.1) is 0 Å². The topological polar surface area (TPSA) is 23.6 Å². The summed E-state index contributed by atoms with van der Waals surface area (Å²) in [6.07, 6.45) is 0. The van der Waals surface area contributed by atoms with Crippen LogP contribution in [0.25, 0.3) is 0 Å². The number of rotatable bonds is 4. The Kier molecular flexibility index (Phi) is 4.90. The third-order valence-corrected chi connectivity index (χ3v) is 1.91. The average Bonchev–Trinajstić information content (AvgIpc) is 1.85. The molecular weight excluding hydrogens is 152 g/mol. The molecule has 0 aromatic heterocycles. The minimum atomic E-state index is 0.159. The summed E-state index contributed by atoms with van der Waals surface area (Å²) >= 11 is 0. The van der Waals surface area contributed by atoms with Crippen LogP contribution >= 0.6 is 0 Å². The Hall–Kier alpha value is -0.570. The fraction of sp³-hybridized carbons (Fsp3) is 0.889. The number of hydrogen-bond donors (Lipinski definition) is 0. The number of carbonyl (C=O) groups excluding carboxylic acids is 1. The molecule has 1 unspecified atom stereocenters. The molecule has 0 heterocycles. The van der Waals surface area contributed by atoms with E-state index in [1.54, 1.807) is 6.92 Å². The van der Waals surface area contributed by atoms with Gasteiger partial charge >= 0.3 is 0 Å². The molecular formula is C9H20N2O. The molecule has 72 valence electrons. The lowest BCUT2D eigenvalue weighted by Crippen LogP contribution is -2.42. The van der Waals surface area contributed by atoms with E-state index in [0.29, 0.717) is 6.04 Å². The van der Waals surface area contributed by atoms with E-state index < -0.39 is 0 Å². The van der Waals surface area contributed by atoms with Crippen LogP contribution in [0.4, 0.5) is 0 Å². The van der Waals surface area contributed by atoms with Crippen molar-refractivity contribution in [3.63, 3.8) is 0 Å². The van der Waals surface area contributed by atoms with Gasteiger partial charge in [-0.2, -0.15) is 0 Å². The van der Waals surface area contributed by atoms with Crippen LogP contribution in [-0.4, -0.2) is 48.9 Å². The van der Waals surface area contributed by atoms with Crippen LogP contribution in [0.2, 0.25) is 0 Å². The van der Waals surface area contributed by atoms with Crippen LogP contribution in [-0.2, 0) is 4.79 Å². The van der Waals surface area contributed by atoms with Gasteiger partial charge in [0.2, 0.25) is 5.91 Å². The maximum Gasteiger partial charge on any atom is 0.219 e. The fourth-order valence-corrected chi connectivity index (χ4v) is 1.47. The van der Waals surface area contributed by atoms with Gasteiger partial charge in [0.15, 0.2) is 0 Å². The highest BCUT2D eigenvalue weighted by molar-refractivity contribution is 5.73. The lowest BCUT2D eigenvalue weighted by molar-refractivity contribution is -0.130. The molecule has 0 spiro atoms. The normalized spacial score (nSPS) is 13.2. The number of likely N-dealkylation sites (N-methyl/N-ethyl adjacent to an activating group) is 2. The van der Waals surface area contributed by atoms with E-state index in [2.05, 4.69) is 11.8 Å². The molecule has 0 N–H and O–H groups in total. The smallest absolute Gasteiger partial charge is 0.219 e. The Morgan fingerprint density at radius 2 is 1.92 bits per heavy atom. The maximum atomic E-state index is 11.1. The van der Waals surface area contributed by atoms with Crippen LogP contribution in [0, 0.1) is 0 Å². The van der Waals surface area contributed by atoms with Gasteiger partial charge in [0, 0.05) is 26.1 Å². The summed E-state index contributed by atoms with van der Waals surface area (Å²) in [7, 11) is 4.04. The molecule has 0 aromatic rings. The van der Waals surface area contributed by atoms with Crippen molar-refractivity contribution >= 4 is 5.91 Å². The number of carbonyl (C=O) groups is 1. The van der Waals surface area contributed by atoms with Gasteiger partial charge < -0.3 is 9.80 Å². The van der Waals surface area contributed by atoms with Gasteiger partial charge in [-0.3, -0.25) is 4.79 Å². The SMILES string of the molecule is CCN(C(C)=O)C(C)CN(C)C. The Labute approximate surface area is 75.3 Å². The molecule has 12 heavy (non-hydrogen) atoms. The lowest BCUT2D eigenvalue weighted by Gasteiger charge is -2.28. The van der Waals surface area contributed by atoms with E-state index in [0.717, 1.165) is 13.1 Å². The second-order valence-electron chi connectivity index (χ2n) is 3.42. The van der Waals surface area contributed by atoms with E-state index in [-0.39, 0.29) is 5.91 Å². The quantitative estimate of drug-likeness (QED) is 0.626. The summed E-state index contributed by atoms with van der Waals surface area (Å²) in [5.74, 6) is 0.159. The van der Waals surface area contributed by atoms with Crippen molar-refractivity contribution in [3.8, 4) is 0 Å². The van der Waals surface area contributed by atoms with Crippen molar-refractivity contribution in [1.82, 2.24) is 9.80 Å². The Morgan fingerprint density at radius 1 is 1.42 bits per heavy atom. The molecule has 0 rings (SSSR count). The highest BCUT2D eigenvalue weighted by Crippen LogP contribution is 1.99. The molecule has 0 radical (unpaired) electrons. The first kappa shape index (κ1) is 11.4. The summed E-state index contributed by atoms with van der Waals surface area (Å²) in [4.78, 5) is 15.1. The van der Waals surface area contributed by atoms with Crippen molar-refractivity contribution in [2.45, 2.75) is 26.8 Å². The third kappa shape index (κ3) is 3.72. The number of nitrogens with zero attached hydrogens (tertiary/aromatic N) is 2. The van der Waals surface area contributed by atoms with Crippen molar-refractivity contribution in [1.29, 1.82) is 0 Å². The summed E-state index contributed by atoms with van der Waals surface area (Å²) in [5, 5.41) is 0. The summed E-state index contributed by atoms with van der Waals surface area (Å²) in [6, 6.07) is 0.308. The van der Waals surface area contributed by atoms with Gasteiger partial charge in [-0.1, -0.05) is 0 Å². The minimum Gasteiger partial charge on any atom is -0.339 e. The monoisotopic (exact) mass is 172 g/mol. The second-order valence-corrected chi connectivity index (χ2v) is 3.42. The van der Waals surface area contributed by atoms with Crippen LogP contribution in [0.3, 0.4) is 0 Å². The molecule has 1 atom stereocenters. The van der Waals surface area contributed by atoms with E-state index in [9.17, 15) is 4.79 Å². The highest BCUT2D eigenvalue weighted by Gasteiger charge is 2.14. The van der Waals surface area contributed by atoms with Crippen molar-refractivity contribution in [3.05, 3.63) is 0 Å². The molecule has 0 aliphatic carbocycles. The molecule has 1 amide bonds. The molecule has 3 heteroatoms. The van der Waals surface area contributed by atoms with Crippen LogP contribution in [0.1, 0.15) is 20.8 Å².